The molecule has 1 fully saturated rings. The first-order valence-corrected chi connectivity index (χ1v) is 8.79. The maximum atomic E-state index is 12.7. The Bertz CT molecular complexity index is 1130. The lowest BCUT2D eigenvalue weighted by atomic mass is 10.00. The minimum atomic E-state index is -0.111. The lowest BCUT2D eigenvalue weighted by Gasteiger charge is -2.35. The van der Waals surface area contributed by atoms with E-state index in [-0.39, 0.29) is 11.8 Å². The van der Waals surface area contributed by atoms with Crippen molar-refractivity contribution in [3.63, 3.8) is 0 Å². The standard InChI is InChI=1S/C20H18N6O2/c1-12-16(20(27)26-10-13(7-22)11-26)9-23-19(12)18(4-5-21)28-15-2-3-17-14(6-15)8-24-25-17/h2-6,8-9,13,21,23H,10-11H2,1H3,(H,24,25)/b18-4+,21-5?. The number of nitrogens with one attached hydrogen (secondary N) is 3. The van der Waals surface area contributed by atoms with E-state index in [0.717, 1.165) is 22.7 Å². The van der Waals surface area contributed by atoms with Crippen molar-refractivity contribution in [3.05, 3.63) is 53.5 Å². The number of carbonyl (C=O) groups is 1. The van der Waals surface area contributed by atoms with Crippen LogP contribution in [0.4, 0.5) is 0 Å². The van der Waals surface area contributed by atoms with Gasteiger partial charge in [-0.1, -0.05) is 0 Å². The first kappa shape index (κ1) is 17.5. The highest BCUT2D eigenvalue weighted by molar-refractivity contribution is 5.97. The molecular formula is C20H18N6O2. The van der Waals surface area contributed by atoms with Crippen molar-refractivity contribution in [2.75, 3.05) is 13.1 Å². The van der Waals surface area contributed by atoms with Gasteiger partial charge in [0.2, 0.25) is 0 Å². The van der Waals surface area contributed by atoms with Gasteiger partial charge in [0.1, 0.15) is 5.75 Å². The van der Waals surface area contributed by atoms with Crippen LogP contribution in [0.15, 0.2) is 36.7 Å². The second kappa shape index (κ2) is 7.04. The van der Waals surface area contributed by atoms with Crippen molar-refractivity contribution in [2.45, 2.75) is 6.92 Å². The van der Waals surface area contributed by atoms with Crippen LogP contribution in [-0.2, 0) is 0 Å². The van der Waals surface area contributed by atoms with Crippen LogP contribution in [0.1, 0.15) is 21.6 Å². The molecule has 3 heterocycles. The van der Waals surface area contributed by atoms with E-state index in [4.69, 9.17) is 15.4 Å². The lowest BCUT2D eigenvalue weighted by molar-refractivity contribution is 0.0577. The molecule has 0 spiro atoms. The van der Waals surface area contributed by atoms with Crippen molar-refractivity contribution in [1.82, 2.24) is 20.1 Å². The van der Waals surface area contributed by atoms with E-state index in [2.05, 4.69) is 21.3 Å². The molecule has 0 bridgehead atoms. The van der Waals surface area contributed by atoms with E-state index >= 15 is 0 Å². The fraction of sp³-hybridized carbons (Fsp3) is 0.200. The Hall–Kier alpha value is -3.86. The third-order valence-corrected chi connectivity index (χ3v) is 4.84. The molecule has 28 heavy (non-hydrogen) atoms. The summed E-state index contributed by atoms with van der Waals surface area (Å²) in [5, 5.41) is 24.1. The molecule has 8 nitrogen and oxygen atoms in total. The summed E-state index contributed by atoms with van der Waals surface area (Å²) in [6.45, 7) is 2.75. The molecule has 2 aromatic heterocycles. The number of nitrogens with zero attached hydrogens (tertiary/aromatic N) is 3. The number of carbonyl (C=O) groups excluding carboxylic acids is 1. The van der Waals surface area contributed by atoms with E-state index in [1.54, 1.807) is 17.3 Å². The van der Waals surface area contributed by atoms with E-state index < -0.39 is 0 Å². The first-order valence-electron chi connectivity index (χ1n) is 8.79. The predicted molar refractivity (Wildman–Crippen MR) is 104 cm³/mol. The molecule has 1 aromatic carbocycles. The number of H-pyrrole nitrogens is 2. The summed E-state index contributed by atoms with van der Waals surface area (Å²) in [7, 11) is 0. The first-order chi connectivity index (χ1) is 13.6. The zero-order chi connectivity index (χ0) is 19.7. The van der Waals surface area contributed by atoms with Crippen LogP contribution < -0.4 is 4.74 Å². The van der Waals surface area contributed by atoms with E-state index in [1.165, 1.54) is 6.08 Å². The zero-order valence-corrected chi connectivity index (χ0v) is 15.2. The van der Waals surface area contributed by atoms with Gasteiger partial charge in [0, 0.05) is 37.0 Å². The SMILES string of the molecule is Cc1c(C(=O)N2CC(C#N)C2)c[nH]c1/C(=C\C=N)Oc1ccc2[nH]ncc2c1. The van der Waals surface area contributed by atoms with E-state index in [1.807, 2.05) is 25.1 Å². The minimum absolute atomic E-state index is 0.0859. The highest BCUT2D eigenvalue weighted by atomic mass is 16.5. The molecule has 0 unspecified atom stereocenters. The third kappa shape index (κ3) is 3.03. The highest BCUT2D eigenvalue weighted by Gasteiger charge is 2.32. The minimum Gasteiger partial charge on any atom is -0.455 e. The van der Waals surface area contributed by atoms with E-state index in [9.17, 15) is 4.79 Å². The number of amides is 1. The second-order valence-corrected chi connectivity index (χ2v) is 6.66. The van der Waals surface area contributed by atoms with Crippen LogP contribution in [0, 0.1) is 29.6 Å². The van der Waals surface area contributed by atoms with Crippen LogP contribution in [0.2, 0.25) is 0 Å². The molecule has 3 aromatic rings. The van der Waals surface area contributed by atoms with Gasteiger partial charge in [-0.2, -0.15) is 10.4 Å². The number of aromatic amines is 2. The predicted octanol–water partition coefficient (Wildman–Crippen LogP) is 2.86. The van der Waals surface area contributed by atoms with Crippen LogP contribution in [0.3, 0.4) is 0 Å². The number of allylic oxidation sites excluding steroid dienone is 1. The molecular weight excluding hydrogens is 356 g/mol. The van der Waals surface area contributed by atoms with Gasteiger partial charge in [-0.05, 0) is 30.7 Å². The molecule has 0 saturated carbocycles. The number of hydrogen-bond acceptors (Lipinski definition) is 5. The summed E-state index contributed by atoms with van der Waals surface area (Å²) in [4.78, 5) is 17.4. The fourth-order valence-corrected chi connectivity index (χ4v) is 3.23. The zero-order valence-electron chi connectivity index (χ0n) is 15.2. The van der Waals surface area contributed by atoms with Gasteiger partial charge in [0.15, 0.2) is 5.76 Å². The second-order valence-electron chi connectivity index (χ2n) is 6.66. The van der Waals surface area contributed by atoms with Crippen molar-refractivity contribution in [1.29, 1.82) is 10.7 Å². The Morgan fingerprint density at radius 1 is 1.46 bits per heavy atom. The molecule has 0 atom stereocenters. The average molecular weight is 374 g/mol. The number of rotatable bonds is 5. The normalized spacial score (nSPS) is 14.6. The molecule has 3 N–H and O–H groups in total. The highest BCUT2D eigenvalue weighted by Crippen LogP contribution is 2.28. The maximum Gasteiger partial charge on any atom is 0.255 e. The number of hydrogen-bond donors (Lipinski definition) is 3. The summed E-state index contributed by atoms with van der Waals surface area (Å²) in [5.74, 6) is 0.842. The van der Waals surface area contributed by atoms with Crippen molar-refractivity contribution < 1.29 is 9.53 Å². The molecule has 0 aliphatic carbocycles. The lowest BCUT2D eigenvalue weighted by Crippen LogP contribution is -2.49. The van der Waals surface area contributed by atoms with Gasteiger partial charge < -0.3 is 20.0 Å². The average Bonchev–Trinajstić information content (AvgIpc) is 3.26. The smallest absolute Gasteiger partial charge is 0.255 e. The molecule has 1 aliphatic heterocycles. The van der Waals surface area contributed by atoms with Crippen LogP contribution in [0.5, 0.6) is 5.75 Å². The van der Waals surface area contributed by atoms with Gasteiger partial charge in [-0.25, -0.2) is 0 Å². The Kier molecular flexibility index (Phi) is 4.41. The summed E-state index contributed by atoms with van der Waals surface area (Å²) in [6, 6.07) is 7.70. The summed E-state index contributed by atoms with van der Waals surface area (Å²) < 4.78 is 6.00. The molecule has 4 rings (SSSR count). The number of benzene rings is 1. The summed E-state index contributed by atoms with van der Waals surface area (Å²) in [5.41, 5.74) is 2.81. The van der Waals surface area contributed by atoms with Gasteiger partial charge in [-0.3, -0.25) is 9.89 Å². The van der Waals surface area contributed by atoms with Gasteiger partial charge in [0.05, 0.1) is 35.0 Å². The Labute approximate surface area is 160 Å². The van der Waals surface area contributed by atoms with Gasteiger partial charge in [0.25, 0.3) is 5.91 Å². The van der Waals surface area contributed by atoms with Crippen molar-refractivity contribution >= 4 is 28.8 Å². The summed E-state index contributed by atoms with van der Waals surface area (Å²) in [6.07, 6.45) is 6.02. The van der Waals surface area contributed by atoms with Crippen LogP contribution in [-0.4, -0.2) is 45.3 Å². The number of aromatic nitrogens is 3. The fourth-order valence-electron chi connectivity index (χ4n) is 3.23. The largest absolute Gasteiger partial charge is 0.455 e. The van der Waals surface area contributed by atoms with Crippen LogP contribution in [0.25, 0.3) is 16.7 Å². The van der Waals surface area contributed by atoms with Crippen molar-refractivity contribution in [3.8, 4) is 11.8 Å². The maximum absolute atomic E-state index is 12.7. The van der Waals surface area contributed by atoms with E-state index in [0.29, 0.717) is 35.9 Å². The van der Waals surface area contributed by atoms with Crippen LogP contribution >= 0.6 is 0 Å². The Balaban J connectivity index is 1.59. The molecule has 140 valence electrons. The molecule has 0 radical (unpaired) electrons. The number of ether oxygens (including phenoxy) is 1. The Morgan fingerprint density at radius 2 is 2.29 bits per heavy atom. The Morgan fingerprint density at radius 3 is 3.04 bits per heavy atom. The number of nitriles is 1. The molecule has 1 amide bonds. The van der Waals surface area contributed by atoms with Gasteiger partial charge >= 0.3 is 0 Å². The topological polar surface area (TPSA) is 122 Å². The van der Waals surface area contributed by atoms with Crippen molar-refractivity contribution in [2.24, 2.45) is 5.92 Å². The third-order valence-electron chi connectivity index (χ3n) is 4.84. The molecule has 8 heteroatoms. The number of fused-ring (bicyclic) bond motifs is 1. The molecule has 1 saturated heterocycles. The molecule has 1 aliphatic rings. The summed E-state index contributed by atoms with van der Waals surface area (Å²) >= 11 is 0. The van der Waals surface area contributed by atoms with Gasteiger partial charge in [-0.15, -0.1) is 0 Å². The monoisotopic (exact) mass is 374 g/mol. The quantitative estimate of drug-likeness (QED) is 0.469. The number of likely N-dealkylation sites (tertiary alicyclic amines) is 1.